The summed E-state index contributed by atoms with van der Waals surface area (Å²) in [6, 6.07) is 16.2. The number of halogens is 1. The molecule has 0 bridgehead atoms. The minimum Gasteiger partial charge on any atom is -0.0837 e. The smallest absolute Gasteiger partial charge is 0.0484 e. The predicted octanol–water partition coefficient (Wildman–Crippen LogP) is 5.34. The van der Waals surface area contributed by atoms with Crippen LogP contribution in [0.25, 0.3) is 11.1 Å². The highest BCUT2D eigenvalue weighted by atomic mass is 35.5. The van der Waals surface area contributed by atoms with Gasteiger partial charge in [-0.15, -0.1) is 0 Å². The zero-order valence-corrected chi connectivity index (χ0v) is 10.8. The van der Waals surface area contributed by atoms with E-state index in [2.05, 4.69) is 19.1 Å². The molecule has 0 aromatic heterocycles. The highest BCUT2D eigenvalue weighted by molar-refractivity contribution is 6.33. The second-order valence-electron chi connectivity index (χ2n) is 3.29. The number of aryl methyl sites for hydroxylation is 1. The van der Waals surface area contributed by atoms with Crippen molar-refractivity contribution in [1.82, 2.24) is 0 Å². The van der Waals surface area contributed by atoms with Gasteiger partial charge in [0.1, 0.15) is 0 Å². The molecule has 0 amide bonds. The molecule has 0 N–H and O–H groups in total. The molecule has 2 rings (SSSR count). The van der Waals surface area contributed by atoms with Crippen LogP contribution in [0, 0.1) is 6.92 Å². The molecule has 0 unspecified atom stereocenters. The van der Waals surface area contributed by atoms with Crippen LogP contribution in [0.4, 0.5) is 0 Å². The molecule has 0 spiro atoms. The lowest BCUT2D eigenvalue weighted by molar-refractivity contribution is 1.46. The largest absolute Gasteiger partial charge is 0.0837 e. The van der Waals surface area contributed by atoms with E-state index in [9.17, 15) is 0 Å². The molecule has 16 heavy (non-hydrogen) atoms. The van der Waals surface area contributed by atoms with E-state index in [-0.39, 0.29) is 0 Å². The topological polar surface area (TPSA) is 0 Å². The molecule has 2 aromatic carbocycles. The summed E-state index contributed by atoms with van der Waals surface area (Å²) >= 11 is 6.13. The van der Waals surface area contributed by atoms with Crippen LogP contribution < -0.4 is 0 Å². The zero-order chi connectivity index (χ0) is 12.0. The third-order valence-electron chi connectivity index (χ3n) is 2.31. The lowest BCUT2D eigenvalue weighted by atomic mass is 10.0. The summed E-state index contributed by atoms with van der Waals surface area (Å²) < 4.78 is 0. The molecule has 0 saturated heterocycles. The maximum absolute atomic E-state index is 6.13. The molecule has 0 atom stereocenters. The van der Waals surface area contributed by atoms with Gasteiger partial charge in [0, 0.05) is 10.6 Å². The van der Waals surface area contributed by atoms with Crippen molar-refractivity contribution in [3.8, 4) is 11.1 Å². The lowest BCUT2D eigenvalue weighted by Crippen LogP contribution is -1.82. The van der Waals surface area contributed by atoms with Crippen LogP contribution in [0.3, 0.4) is 0 Å². The summed E-state index contributed by atoms with van der Waals surface area (Å²) in [4.78, 5) is 0. The Morgan fingerprint density at radius 3 is 1.81 bits per heavy atom. The molecule has 0 radical (unpaired) electrons. The first kappa shape index (κ1) is 12.8. The van der Waals surface area contributed by atoms with Crippen molar-refractivity contribution in [2.75, 3.05) is 0 Å². The number of hydrogen-bond donors (Lipinski definition) is 0. The van der Waals surface area contributed by atoms with Gasteiger partial charge in [0.25, 0.3) is 0 Å². The van der Waals surface area contributed by atoms with Crippen LogP contribution in [0.2, 0.25) is 5.02 Å². The van der Waals surface area contributed by atoms with Crippen molar-refractivity contribution < 1.29 is 0 Å². The fourth-order valence-electron chi connectivity index (χ4n) is 1.55. The second kappa shape index (κ2) is 6.34. The van der Waals surface area contributed by atoms with E-state index in [1.807, 2.05) is 50.2 Å². The first-order valence-corrected chi connectivity index (χ1v) is 5.97. The van der Waals surface area contributed by atoms with Gasteiger partial charge in [0.05, 0.1) is 0 Å². The molecular formula is C15H17Cl. The average Bonchev–Trinajstić information content (AvgIpc) is 2.34. The van der Waals surface area contributed by atoms with Gasteiger partial charge in [0.15, 0.2) is 0 Å². The quantitative estimate of drug-likeness (QED) is 0.623. The molecule has 0 heterocycles. The molecule has 1 heteroatoms. The number of rotatable bonds is 1. The summed E-state index contributed by atoms with van der Waals surface area (Å²) in [5.74, 6) is 0. The Balaban J connectivity index is 0.000000606. The first-order chi connectivity index (χ1) is 7.79. The van der Waals surface area contributed by atoms with E-state index in [4.69, 9.17) is 11.6 Å². The van der Waals surface area contributed by atoms with E-state index < -0.39 is 0 Å². The SMILES string of the molecule is CC.Cc1ccccc1-c1ccccc1Cl. The summed E-state index contributed by atoms with van der Waals surface area (Å²) in [5, 5.41) is 0.807. The van der Waals surface area contributed by atoms with Crippen LogP contribution in [-0.4, -0.2) is 0 Å². The zero-order valence-electron chi connectivity index (χ0n) is 10.00. The van der Waals surface area contributed by atoms with Crippen LogP contribution in [0.5, 0.6) is 0 Å². The van der Waals surface area contributed by atoms with Crippen molar-refractivity contribution >= 4 is 11.6 Å². The van der Waals surface area contributed by atoms with E-state index >= 15 is 0 Å². The molecule has 0 fully saturated rings. The van der Waals surface area contributed by atoms with Gasteiger partial charge in [-0.25, -0.2) is 0 Å². The standard InChI is InChI=1S/C13H11Cl.C2H6/c1-10-6-2-3-7-11(10)12-8-4-5-9-13(12)14;1-2/h2-9H,1H3;1-2H3. The number of benzene rings is 2. The molecule has 2 aromatic rings. The van der Waals surface area contributed by atoms with E-state index in [0.29, 0.717) is 0 Å². The Morgan fingerprint density at radius 2 is 1.25 bits per heavy atom. The van der Waals surface area contributed by atoms with E-state index in [0.717, 1.165) is 10.6 Å². The minimum absolute atomic E-state index is 0.807. The van der Waals surface area contributed by atoms with Crippen LogP contribution in [0.15, 0.2) is 48.5 Å². The van der Waals surface area contributed by atoms with Gasteiger partial charge >= 0.3 is 0 Å². The highest BCUT2D eigenvalue weighted by Gasteiger charge is 2.03. The van der Waals surface area contributed by atoms with Gasteiger partial charge in [-0.2, -0.15) is 0 Å². The third kappa shape index (κ3) is 2.86. The Bertz CT molecular complexity index is 403. The Hall–Kier alpha value is -1.27. The predicted molar refractivity (Wildman–Crippen MR) is 73.0 cm³/mol. The number of hydrogen-bond acceptors (Lipinski definition) is 0. The fourth-order valence-corrected chi connectivity index (χ4v) is 1.79. The Kier molecular flexibility index (Phi) is 5.07. The Morgan fingerprint density at radius 1 is 0.750 bits per heavy atom. The molecular weight excluding hydrogens is 216 g/mol. The maximum atomic E-state index is 6.13. The van der Waals surface area contributed by atoms with Gasteiger partial charge in [-0.05, 0) is 24.1 Å². The van der Waals surface area contributed by atoms with Crippen molar-refractivity contribution in [1.29, 1.82) is 0 Å². The molecule has 0 aliphatic rings. The summed E-state index contributed by atoms with van der Waals surface area (Å²) in [7, 11) is 0. The molecule has 84 valence electrons. The molecule has 0 aliphatic heterocycles. The van der Waals surface area contributed by atoms with Crippen LogP contribution in [0.1, 0.15) is 19.4 Å². The average molecular weight is 233 g/mol. The van der Waals surface area contributed by atoms with Crippen LogP contribution >= 0.6 is 11.6 Å². The van der Waals surface area contributed by atoms with Gasteiger partial charge in [-0.1, -0.05) is 67.9 Å². The fraction of sp³-hybridized carbons (Fsp3) is 0.200. The van der Waals surface area contributed by atoms with Crippen molar-refractivity contribution in [3.05, 3.63) is 59.1 Å². The normalized spacial score (nSPS) is 9.25. The van der Waals surface area contributed by atoms with Crippen LogP contribution in [-0.2, 0) is 0 Å². The van der Waals surface area contributed by atoms with E-state index in [1.165, 1.54) is 11.1 Å². The summed E-state index contributed by atoms with van der Waals surface area (Å²) in [6.45, 7) is 6.10. The Labute approximate surface area is 103 Å². The van der Waals surface area contributed by atoms with Gasteiger partial charge in [0.2, 0.25) is 0 Å². The van der Waals surface area contributed by atoms with Gasteiger partial charge in [-0.3, -0.25) is 0 Å². The molecule has 0 nitrogen and oxygen atoms in total. The molecule has 0 aliphatic carbocycles. The van der Waals surface area contributed by atoms with E-state index in [1.54, 1.807) is 0 Å². The lowest BCUT2D eigenvalue weighted by Gasteiger charge is -2.06. The second-order valence-corrected chi connectivity index (χ2v) is 3.70. The summed E-state index contributed by atoms with van der Waals surface area (Å²) in [6.07, 6.45) is 0. The van der Waals surface area contributed by atoms with Crippen molar-refractivity contribution in [2.45, 2.75) is 20.8 Å². The van der Waals surface area contributed by atoms with Crippen molar-refractivity contribution in [3.63, 3.8) is 0 Å². The van der Waals surface area contributed by atoms with Gasteiger partial charge < -0.3 is 0 Å². The first-order valence-electron chi connectivity index (χ1n) is 5.59. The highest BCUT2D eigenvalue weighted by Crippen LogP contribution is 2.29. The molecule has 0 saturated carbocycles. The monoisotopic (exact) mass is 232 g/mol. The minimum atomic E-state index is 0.807. The van der Waals surface area contributed by atoms with Crippen molar-refractivity contribution in [2.24, 2.45) is 0 Å². The third-order valence-corrected chi connectivity index (χ3v) is 2.64. The maximum Gasteiger partial charge on any atom is 0.0484 e. The summed E-state index contributed by atoms with van der Waals surface area (Å²) in [5.41, 5.74) is 3.56.